The molecular weight excluding hydrogens is 292 g/mol. The van der Waals surface area contributed by atoms with Crippen LogP contribution in [-0.2, 0) is 23.0 Å². The fourth-order valence-corrected chi connectivity index (χ4v) is 4.07. The molecule has 20 heavy (non-hydrogen) atoms. The van der Waals surface area contributed by atoms with E-state index in [4.69, 9.17) is 0 Å². The highest BCUT2D eigenvalue weighted by atomic mass is 32.2. The minimum Gasteiger partial charge on any atom is -0.385 e. The summed E-state index contributed by atoms with van der Waals surface area (Å²) >= 11 is 1.54. The second kappa shape index (κ2) is 5.55. The van der Waals surface area contributed by atoms with E-state index < -0.39 is 10.0 Å². The molecule has 1 aromatic carbocycles. The van der Waals surface area contributed by atoms with E-state index in [9.17, 15) is 8.42 Å². The van der Waals surface area contributed by atoms with Crippen LogP contribution in [0.25, 0.3) is 0 Å². The first-order chi connectivity index (χ1) is 9.65. The quantitative estimate of drug-likeness (QED) is 0.913. The van der Waals surface area contributed by atoms with Crippen molar-refractivity contribution in [1.29, 1.82) is 0 Å². The second-order valence-electron chi connectivity index (χ2n) is 4.75. The van der Waals surface area contributed by atoms with Crippen LogP contribution in [0.15, 0.2) is 40.6 Å². The lowest BCUT2D eigenvalue weighted by Crippen LogP contribution is -2.23. The standard InChI is InChI=1S/C14H16N2O2S2/c17-20(18,16-10-12-4-2-8-19-12)13-5-6-14-11(9-13)3-1-7-15-14/h2,4-6,8-9,15-16H,1,3,7,10H2. The third kappa shape index (κ3) is 2.87. The molecule has 2 heterocycles. The van der Waals surface area contributed by atoms with Crippen LogP contribution in [-0.4, -0.2) is 15.0 Å². The summed E-state index contributed by atoms with van der Waals surface area (Å²) in [6.45, 7) is 1.30. The number of rotatable bonds is 4. The highest BCUT2D eigenvalue weighted by molar-refractivity contribution is 7.89. The maximum Gasteiger partial charge on any atom is 0.240 e. The Morgan fingerprint density at radius 2 is 2.20 bits per heavy atom. The topological polar surface area (TPSA) is 58.2 Å². The van der Waals surface area contributed by atoms with E-state index in [1.807, 2.05) is 23.6 Å². The molecule has 0 unspecified atom stereocenters. The highest BCUT2D eigenvalue weighted by Gasteiger charge is 2.17. The molecule has 6 heteroatoms. The fourth-order valence-electron chi connectivity index (χ4n) is 2.28. The van der Waals surface area contributed by atoms with Gasteiger partial charge in [0.2, 0.25) is 10.0 Å². The number of aryl methyl sites for hydroxylation is 1. The second-order valence-corrected chi connectivity index (χ2v) is 7.55. The maximum absolute atomic E-state index is 12.3. The summed E-state index contributed by atoms with van der Waals surface area (Å²) in [5, 5.41) is 5.22. The molecule has 0 saturated carbocycles. The van der Waals surface area contributed by atoms with Gasteiger partial charge in [0, 0.05) is 23.7 Å². The molecular formula is C14H16N2O2S2. The smallest absolute Gasteiger partial charge is 0.240 e. The van der Waals surface area contributed by atoms with Gasteiger partial charge < -0.3 is 5.32 Å². The van der Waals surface area contributed by atoms with Crippen molar-refractivity contribution < 1.29 is 8.42 Å². The third-order valence-corrected chi connectivity index (χ3v) is 5.62. The summed E-state index contributed by atoms with van der Waals surface area (Å²) in [6, 6.07) is 9.13. The zero-order valence-electron chi connectivity index (χ0n) is 10.9. The molecule has 3 rings (SSSR count). The Kier molecular flexibility index (Phi) is 3.78. The molecule has 0 bridgehead atoms. The molecule has 0 spiro atoms. The van der Waals surface area contributed by atoms with Crippen molar-refractivity contribution >= 4 is 27.0 Å². The van der Waals surface area contributed by atoms with Gasteiger partial charge in [-0.3, -0.25) is 0 Å². The summed E-state index contributed by atoms with van der Waals surface area (Å²) in [4.78, 5) is 1.35. The Labute approximate surface area is 122 Å². The molecule has 1 aliphatic heterocycles. The van der Waals surface area contributed by atoms with Crippen LogP contribution < -0.4 is 10.0 Å². The molecule has 2 aromatic rings. The Hall–Kier alpha value is -1.37. The van der Waals surface area contributed by atoms with Crippen molar-refractivity contribution in [2.75, 3.05) is 11.9 Å². The van der Waals surface area contributed by atoms with Crippen molar-refractivity contribution in [3.05, 3.63) is 46.2 Å². The monoisotopic (exact) mass is 308 g/mol. The van der Waals surface area contributed by atoms with Crippen molar-refractivity contribution in [3.63, 3.8) is 0 Å². The van der Waals surface area contributed by atoms with Gasteiger partial charge in [-0.15, -0.1) is 11.3 Å². The van der Waals surface area contributed by atoms with E-state index in [-0.39, 0.29) is 0 Å². The Morgan fingerprint density at radius 1 is 1.30 bits per heavy atom. The third-order valence-electron chi connectivity index (χ3n) is 3.34. The van der Waals surface area contributed by atoms with Gasteiger partial charge in [0.05, 0.1) is 4.90 Å². The van der Waals surface area contributed by atoms with Crippen molar-refractivity contribution in [2.24, 2.45) is 0 Å². The van der Waals surface area contributed by atoms with Gasteiger partial charge in [-0.2, -0.15) is 0 Å². The van der Waals surface area contributed by atoms with Gasteiger partial charge in [-0.25, -0.2) is 13.1 Å². The van der Waals surface area contributed by atoms with Crippen LogP contribution in [0.3, 0.4) is 0 Å². The molecule has 2 N–H and O–H groups in total. The van der Waals surface area contributed by atoms with Crippen LogP contribution >= 0.6 is 11.3 Å². The van der Waals surface area contributed by atoms with Gasteiger partial charge >= 0.3 is 0 Å². The summed E-state index contributed by atoms with van der Waals surface area (Å²) < 4.78 is 27.2. The molecule has 0 atom stereocenters. The molecule has 1 aliphatic rings. The van der Waals surface area contributed by atoms with E-state index in [1.165, 1.54) is 0 Å². The van der Waals surface area contributed by atoms with E-state index in [2.05, 4.69) is 10.0 Å². The SMILES string of the molecule is O=S(=O)(NCc1cccs1)c1ccc2c(c1)CCCN2. The Bertz CT molecular complexity index is 694. The number of anilines is 1. The summed E-state index contributed by atoms with van der Waals surface area (Å²) in [6.07, 6.45) is 1.97. The van der Waals surface area contributed by atoms with Crippen molar-refractivity contribution in [1.82, 2.24) is 4.72 Å². The molecule has 1 aromatic heterocycles. The minimum atomic E-state index is -3.44. The summed E-state index contributed by atoms with van der Waals surface area (Å²) in [7, 11) is -3.44. The number of nitrogens with one attached hydrogen (secondary N) is 2. The predicted octanol–water partition coefficient (Wildman–Crippen LogP) is 2.58. The lowest BCUT2D eigenvalue weighted by Gasteiger charge is -2.18. The first kappa shape index (κ1) is 13.6. The van der Waals surface area contributed by atoms with E-state index in [0.29, 0.717) is 11.4 Å². The number of sulfonamides is 1. The largest absolute Gasteiger partial charge is 0.385 e. The first-order valence-corrected chi connectivity index (χ1v) is 8.90. The van der Waals surface area contributed by atoms with Gasteiger partial charge in [-0.1, -0.05) is 6.07 Å². The van der Waals surface area contributed by atoms with Crippen molar-refractivity contribution in [3.8, 4) is 0 Å². The van der Waals surface area contributed by atoms with Crippen LogP contribution in [0.1, 0.15) is 16.9 Å². The Balaban J connectivity index is 1.80. The lowest BCUT2D eigenvalue weighted by molar-refractivity contribution is 0.581. The molecule has 0 amide bonds. The van der Waals surface area contributed by atoms with Gasteiger partial charge in [0.15, 0.2) is 0 Å². The Morgan fingerprint density at radius 3 is 3.00 bits per heavy atom. The number of benzene rings is 1. The van der Waals surface area contributed by atoms with Crippen molar-refractivity contribution in [2.45, 2.75) is 24.3 Å². The van der Waals surface area contributed by atoms with E-state index >= 15 is 0 Å². The molecule has 4 nitrogen and oxygen atoms in total. The van der Waals surface area contributed by atoms with Crippen LogP contribution in [0.2, 0.25) is 0 Å². The maximum atomic E-state index is 12.3. The number of hydrogen-bond acceptors (Lipinski definition) is 4. The van der Waals surface area contributed by atoms with E-state index in [1.54, 1.807) is 23.5 Å². The molecule has 0 radical (unpaired) electrons. The van der Waals surface area contributed by atoms with Gasteiger partial charge in [0.25, 0.3) is 0 Å². The fraction of sp³-hybridized carbons (Fsp3) is 0.286. The highest BCUT2D eigenvalue weighted by Crippen LogP contribution is 2.25. The number of fused-ring (bicyclic) bond motifs is 1. The van der Waals surface area contributed by atoms with Crippen LogP contribution in [0.5, 0.6) is 0 Å². The lowest BCUT2D eigenvalue weighted by atomic mass is 10.0. The zero-order chi connectivity index (χ0) is 14.0. The molecule has 0 saturated heterocycles. The number of thiophene rings is 1. The average Bonchev–Trinajstić information content (AvgIpc) is 2.98. The predicted molar refractivity (Wildman–Crippen MR) is 81.6 cm³/mol. The van der Waals surface area contributed by atoms with Gasteiger partial charge in [0.1, 0.15) is 0 Å². The average molecular weight is 308 g/mol. The van der Waals surface area contributed by atoms with Crippen LogP contribution in [0, 0.1) is 0 Å². The summed E-state index contributed by atoms with van der Waals surface area (Å²) in [5.41, 5.74) is 2.13. The van der Waals surface area contributed by atoms with E-state index in [0.717, 1.165) is 35.5 Å². The van der Waals surface area contributed by atoms with Crippen LogP contribution in [0.4, 0.5) is 5.69 Å². The molecule has 106 valence electrons. The molecule has 0 aliphatic carbocycles. The van der Waals surface area contributed by atoms with Gasteiger partial charge in [-0.05, 0) is 48.1 Å². The zero-order valence-corrected chi connectivity index (χ0v) is 12.6. The summed E-state index contributed by atoms with van der Waals surface area (Å²) in [5.74, 6) is 0. The normalized spacial score (nSPS) is 14.6. The molecule has 0 fully saturated rings. The first-order valence-electron chi connectivity index (χ1n) is 6.54. The number of hydrogen-bond donors (Lipinski definition) is 2. The minimum absolute atomic E-state index is 0.343.